The summed E-state index contributed by atoms with van der Waals surface area (Å²) in [5.74, 6) is 0. The molecule has 106 valence electrons. The lowest BCUT2D eigenvalue weighted by molar-refractivity contribution is 0.165. The monoisotopic (exact) mass is 265 g/mol. The zero-order chi connectivity index (χ0) is 14.1. The zero-order valence-electron chi connectivity index (χ0n) is 11.9. The molecule has 1 aliphatic carbocycles. The van der Waals surface area contributed by atoms with Crippen molar-refractivity contribution in [3.8, 4) is 0 Å². The van der Waals surface area contributed by atoms with Gasteiger partial charge in [-0.2, -0.15) is 0 Å². The highest BCUT2D eigenvalue weighted by Gasteiger charge is 2.59. The fourth-order valence-electron chi connectivity index (χ4n) is 2.80. The van der Waals surface area contributed by atoms with Crippen LogP contribution in [-0.4, -0.2) is 48.3 Å². The number of rotatable bonds is 3. The maximum atomic E-state index is 11.6. The van der Waals surface area contributed by atoms with E-state index >= 15 is 0 Å². The third kappa shape index (κ3) is 3.12. The van der Waals surface area contributed by atoms with E-state index in [0.717, 1.165) is 32.3 Å². The minimum absolute atomic E-state index is 0.204. The van der Waals surface area contributed by atoms with Crippen LogP contribution in [0.4, 0.5) is 4.79 Å². The molecule has 2 rings (SSSR count). The molecule has 1 spiro atoms. The summed E-state index contributed by atoms with van der Waals surface area (Å²) < 4.78 is 0. The molecule has 0 radical (unpaired) electrons. The highest BCUT2D eigenvalue weighted by molar-refractivity contribution is 5.88. The first-order valence-corrected chi connectivity index (χ1v) is 6.70. The third-order valence-electron chi connectivity index (χ3n) is 4.17. The first kappa shape index (κ1) is 14.0. The van der Waals surface area contributed by atoms with Gasteiger partial charge in [0.15, 0.2) is 0 Å². The summed E-state index contributed by atoms with van der Waals surface area (Å²) in [6.45, 7) is 8.88. The van der Waals surface area contributed by atoms with Gasteiger partial charge in [0, 0.05) is 23.5 Å². The summed E-state index contributed by atoms with van der Waals surface area (Å²) in [5, 5.41) is 12.2. The van der Waals surface area contributed by atoms with Crippen molar-refractivity contribution in [2.75, 3.05) is 13.1 Å². The number of carbonyl (C=O) groups excluding carboxylic acids is 1. The van der Waals surface area contributed by atoms with Gasteiger partial charge in [-0.15, -0.1) is 0 Å². The Morgan fingerprint density at radius 3 is 2.84 bits per heavy atom. The number of carbonyl (C=O) groups is 1. The van der Waals surface area contributed by atoms with Gasteiger partial charge < -0.3 is 5.32 Å². The van der Waals surface area contributed by atoms with E-state index in [1.165, 1.54) is 6.34 Å². The minimum atomic E-state index is -0.235. The van der Waals surface area contributed by atoms with Crippen LogP contribution < -0.4 is 10.6 Å². The Kier molecular flexibility index (Phi) is 3.62. The van der Waals surface area contributed by atoms with Crippen LogP contribution >= 0.6 is 0 Å². The lowest BCUT2D eigenvalue weighted by Crippen LogP contribution is -2.41. The summed E-state index contributed by atoms with van der Waals surface area (Å²) in [6, 6.07) is 0.0370. The molecule has 2 amide bonds. The lowest BCUT2D eigenvalue weighted by atomic mass is 10.0. The Morgan fingerprint density at radius 2 is 2.26 bits per heavy atom. The highest BCUT2D eigenvalue weighted by atomic mass is 16.2. The fourth-order valence-corrected chi connectivity index (χ4v) is 2.80. The van der Waals surface area contributed by atoms with Crippen LogP contribution in [0.15, 0.2) is 4.99 Å². The van der Waals surface area contributed by atoms with E-state index in [0.29, 0.717) is 0 Å². The lowest BCUT2D eigenvalue weighted by Gasteiger charge is -2.31. The maximum Gasteiger partial charge on any atom is 0.320 e. The molecule has 0 aromatic rings. The number of hydrogen-bond donors (Lipinski definition) is 3. The molecule has 2 atom stereocenters. The summed E-state index contributed by atoms with van der Waals surface area (Å²) in [5.41, 5.74) is 0.485. The third-order valence-corrected chi connectivity index (χ3v) is 4.17. The van der Waals surface area contributed by atoms with Crippen molar-refractivity contribution in [3.63, 3.8) is 0 Å². The molecule has 6 nitrogen and oxygen atoms in total. The molecular weight excluding hydrogens is 242 g/mol. The molecule has 19 heavy (non-hydrogen) atoms. The smallest absolute Gasteiger partial charge is 0.320 e. The van der Waals surface area contributed by atoms with Gasteiger partial charge in [-0.25, -0.2) is 9.79 Å². The Bertz CT molecular complexity index is 400. The molecule has 1 heterocycles. The number of likely N-dealkylation sites (tertiary alicyclic amines) is 1. The molecule has 0 bridgehead atoms. The van der Waals surface area contributed by atoms with Gasteiger partial charge in [0.2, 0.25) is 0 Å². The summed E-state index contributed by atoms with van der Waals surface area (Å²) >= 11 is 0. The predicted molar refractivity (Wildman–Crippen MR) is 75.7 cm³/mol. The summed E-state index contributed by atoms with van der Waals surface area (Å²) in [4.78, 5) is 17.6. The van der Waals surface area contributed by atoms with E-state index in [2.05, 4.69) is 41.3 Å². The molecule has 0 aromatic heterocycles. The molecule has 1 saturated heterocycles. The van der Waals surface area contributed by atoms with Gasteiger partial charge in [0.1, 0.15) is 6.34 Å². The van der Waals surface area contributed by atoms with Gasteiger partial charge in [-0.1, -0.05) is 0 Å². The molecule has 0 aromatic carbocycles. The van der Waals surface area contributed by atoms with Crippen LogP contribution in [0, 0.1) is 10.8 Å². The van der Waals surface area contributed by atoms with Crippen molar-refractivity contribution >= 4 is 18.7 Å². The van der Waals surface area contributed by atoms with E-state index in [9.17, 15) is 4.79 Å². The van der Waals surface area contributed by atoms with Crippen molar-refractivity contribution in [2.24, 2.45) is 10.4 Å². The van der Waals surface area contributed by atoms with E-state index in [4.69, 9.17) is 5.41 Å². The first-order valence-electron chi connectivity index (χ1n) is 6.70. The average molecular weight is 265 g/mol. The van der Waals surface area contributed by atoms with Crippen molar-refractivity contribution in [2.45, 2.75) is 45.2 Å². The second-order valence-electron chi connectivity index (χ2n) is 6.49. The van der Waals surface area contributed by atoms with Gasteiger partial charge in [-0.05, 0) is 40.2 Å². The van der Waals surface area contributed by atoms with Crippen LogP contribution in [0.3, 0.4) is 0 Å². The van der Waals surface area contributed by atoms with Crippen LogP contribution in [0.1, 0.15) is 33.6 Å². The average Bonchev–Trinajstić information content (AvgIpc) is 2.76. The standard InChI is InChI=1S/C13H23N5O/c1-12(2,3)18-5-4-13(7-18)6-10(13)17-11(19)16-9-15-8-14/h8-10H,4-7H2,1-3H3,(H3,14,15,16,17,19). The van der Waals surface area contributed by atoms with Gasteiger partial charge >= 0.3 is 6.03 Å². The topological polar surface area (TPSA) is 80.6 Å². The summed E-state index contributed by atoms with van der Waals surface area (Å²) in [7, 11) is 0. The number of nitrogens with zero attached hydrogens (tertiary/aromatic N) is 2. The number of nitrogens with one attached hydrogen (secondary N) is 3. The van der Waals surface area contributed by atoms with E-state index in [1.54, 1.807) is 0 Å². The van der Waals surface area contributed by atoms with Crippen LogP contribution in [0.25, 0.3) is 0 Å². The van der Waals surface area contributed by atoms with E-state index < -0.39 is 0 Å². The Morgan fingerprint density at radius 1 is 1.53 bits per heavy atom. The molecule has 6 heteroatoms. The first-order chi connectivity index (χ1) is 8.87. The Hall–Kier alpha value is -1.43. The largest absolute Gasteiger partial charge is 0.334 e. The van der Waals surface area contributed by atoms with Crippen LogP contribution in [-0.2, 0) is 0 Å². The minimum Gasteiger partial charge on any atom is -0.334 e. The molecular formula is C13H23N5O. The van der Waals surface area contributed by atoms with Crippen LogP contribution in [0.2, 0.25) is 0 Å². The number of urea groups is 1. The van der Waals surface area contributed by atoms with Gasteiger partial charge in [0.05, 0.1) is 6.34 Å². The Balaban J connectivity index is 1.80. The normalized spacial score (nSPS) is 30.8. The van der Waals surface area contributed by atoms with Gasteiger partial charge in [0.25, 0.3) is 0 Å². The maximum absolute atomic E-state index is 11.6. The van der Waals surface area contributed by atoms with Crippen molar-refractivity contribution in [1.29, 1.82) is 5.41 Å². The van der Waals surface area contributed by atoms with E-state index in [-0.39, 0.29) is 23.0 Å². The molecule has 2 aliphatic rings. The fraction of sp³-hybridized carbons (Fsp3) is 0.769. The predicted octanol–water partition coefficient (Wildman–Crippen LogP) is 1.18. The molecule has 3 N–H and O–H groups in total. The SMILES string of the molecule is CC(C)(C)N1CCC2(CC2NC(=O)NC=NC=N)C1. The zero-order valence-corrected chi connectivity index (χ0v) is 11.9. The molecule has 1 saturated carbocycles. The second-order valence-corrected chi connectivity index (χ2v) is 6.49. The van der Waals surface area contributed by atoms with E-state index in [1.807, 2.05) is 0 Å². The second kappa shape index (κ2) is 4.92. The molecule has 2 unspecified atom stereocenters. The quantitative estimate of drug-likeness (QED) is 0.529. The van der Waals surface area contributed by atoms with Crippen molar-refractivity contribution in [1.82, 2.24) is 15.5 Å². The number of aliphatic imine (C=N–C) groups is 1. The summed E-state index contributed by atoms with van der Waals surface area (Å²) in [6.07, 6.45) is 4.34. The van der Waals surface area contributed by atoms with Crippen LogP contribution in [0.5, 0.6) is 0 Å². The molecule has 2 fully saturated rings. The molecule has 1 aliphatic heterocycles. The number of amides is 2. The highest BCUT2D eigenvalue weighted by Crippen LogP contribution is 2.53. The van der Waals surface area contributed by atoms with Gasteiger partial charge in [-0.3, -0.25) is 15.6 Å². The number of hydrogen-bond acceptors (Lipinski definition) is 3. The van der Waals surface area contributed by atoms with Crippen molar-refractivity contribution < 1.29 is 4.79 Å². The Labute approximate surface area is 114 Å². The van der Waals surface area contributed by atoms with Crippen molar-refractivity contribution in [3.05, 3.63) is 0 Å².